The minimum atomic E-state index is -1.41. The van der Waals surface area contributed by atoms with E-state index in [4.69, 9.17) is 0 Å². The summed E-state index contributed by atoms with van der Waals surface area (Å²) in [5.74, 6) is 0.999. The molecule has 0 atom stereocenters. The normalized spacial score (nSPS) is 11.5. The molecular formula is C10H21FN2OS. The van der Waals surface area contributed by atoms with Crippen molar-refractivity contribution in [3.63, 3.8) is 0 Å². The molecule has 3 nitrogen and oxygen atoms in total. The van der Waals surface area contributed by atoms with Crippen molar-refractivity contribution in [3.05, 3.63) is 0 Å². The molecule has 0 fully saturated rings. The summed E-state index contributed by atoms with van der Waals surface area (Å²) < 4.78 is 15.4. The number of carbonyl (C=O) groups excluding carboxylic acids is 1. The number of halogens is 1. The highest BCUT2D eigenvalue weighted by Crippen LogP contribution is 2.18. The lowest BCUT2D eigenvalue weighted by Crippen LogP contribution is -2.30. The first-order chi connectivity index (χ1) is 6.82. The quantitative estimate of drug-likeness (QED) is 0.402. The molecule has 0 aromatic carbocycles. The van der Waals surface area contributed by atoms with Gasteiger partial charge in [-0.3, -0.25) is 0 Å². The third-order valence-corrected chi connectivity index (χ3v) is 2.54. The van der Waals surface area contributed by atoms with Gasteiger partial charge in [-0.2, -0.15) is 0 Å². The molecule has 0 N–H and O–H groups in total. The van der Waals surface area contributed by atoms with Crippen molar-refractivity contribution in [1.82, 2.24) is 8.61 Å². The van der Waals surface area contributed by atoms with Gasteiger partial charge in [-0.1, -0.05) is 27.7 Å². The van der Waals surface area contributed by atoms with Crippen molar-refractivity contribution in [2.45, 2.75) is 27.7 Å². The van der Waals surface area contributed by atoms with Crippen molar-refractivity contribution in [1.29, 1.82) is 0 Å². The van der Waals surface area contributed by atoms with Crippen LogP contribution in [0.2, 0.25) is 0 Å². The molecule has 0 spiro atoms. The molecule has 0 bridgehead atoms. The van der Waals surface area contributed by atoms with E-state index in [1.807, 2.05) is 4.31 Å². The van der Waals surface area contributed by atoms with Crippen molar-refractivity contribution in [2.75, 3.05) is 20.1 Å². The van der Waals surface area contributed by atoms with Crippen LogP contribution in [0.25, 0.3) is 0 Å². The molecule has 15 heavy (non-hydrogen) atoms. The summed E-state index contributed by atoms with van der Waals surface area (Å²) in [5.41, 5.74) is 0. The summed E-state index contributed by atoms with van der Waals surface area (Å²) in [5, 5.41) is 0. The maximum absolute atomic E-state index is 12.4. The Morgan fingerprint density at radius 1 is 1.20 bits per heavy atom. The monoisotopic (exact) mass is 236 g/mol. The van der Waals surface area contributed by atoms with Crippen molar-refractivity contribution in [2.24, 2.45) is 11.8 Å². The second-order valence-corrected chi connectivity index (χ2v) is 5.69. The third kappa shape index (κ3) is 7.62. The fourth-order valence-electron chi connectivity index (χ4n) is 1.16. The lowest BCUT2D eigenvalue weighted by Gasteiger charge is -2.27. The summed E-state index contributed by atoms with van der Waals surface area (Å²) in [6.45, 7) is 10.1. The summed E-state index contributed by atoms with van der Waals surface area (Å²) in [4.78, 5) is 10.5. The fourth-order valence-corrected chi connectivity index (χ4v) is 2.30. The predicted octanol–water partition coefficient (Wildman–Crippen LogP) is 3.18. The molecule has 0 aromatic rings. The molecule has 5 heteroatoms. The zero-order valence-electron chi connectivity index (χ0n) is 10.2. The van der Waals surface area contributed by atoms with Gasteiger partial charge in [0.25, 0.3) is 0 Å². The highest BCUT2D eigenvalue weighted by atomic mass is 32.2. The lowest BCUT2D eigenvalue weighted by atomic mass is 10.2. The van der Waals surface area contributed by atoms with Gasteiger partial charge in [0, 0.05) is 32.3 Å². The molecule has 0 saturated heterocycles. The van der Waals surface area contributed by atoms with Crippen molar-refractivity contribution >= 4 is 18.3 Å². The summed E-state index contributed by atoms with van der Waals surface area (Å²) in [7, 11) is 1.45. The van der Waals surface area contributed by atoms with E-state index in [1.54, 1.807) is 0 Å². The first-order valence-corrected chi connectivity index (χ1v) is 5.92. The summed E-state index contributed by atoms with van der Waals surface area (Å²) in [6, 6.07) is 0. The Kier molecular flexibility index (Phi) is 6.92. The molecule has 0 rings (SSSR count). The standard InChI is InChI=1S/C10H21FN2OS/c1-8(2)6-13(7-9(3)4)15-12(5)10(11)14/h8-9H,6-7H2,1-5H3. The third-order valence-electron chi connectivity index (χ3n) is 1.62. The van der Waals surface area contributed by atoms with Crippen LogP contribution in [0.4, 0.5) is 9.18 Å². The maximum atomic E-state index is 12.4. The first kappa shape index (κ1) is 14.7. The molecule has 0 aliphatic carbocycles. The molecule has 0 heterocycles. The zero-order chi connectivity index (χ0) is 12.0. The molecular weight excluding hydrogens is 215 g/mol. The van der Waals surface area contributed by atoms with Crippen molar-refractivity contribution in [3.8, 4) is 0 Å². The number of hydrogen-bond acceptors (Lipinski definition) is 3. The van der Waals surface area contributed by atoms with Crippen LogP contribution in [-0.4, -0.2) is 34.9 Å². The van der Waals surface area contributed by atoms with Gasteiger partial charge in [0.05, 0.1) is 0 Å². The van der Waals surface area contributed by atoms with Gasteiger partial charge in [-0.05, 0) is 11.8 Å². The number of nitrogens with zero attached hydrogens (tertiary/aromatic N) is 2. The largest absolute Gasteiger partial charge is 0.410 e. The topological polar surface area (TPSA) is 23.6 Å². The van der Waals surface area contributed by atoms with Crippen LogP contribution >= 0.6 is 12.1 Å². The fraction of sp³-hybridized carbons (Fsp3) is 0.900. The average molecular weight is 236 g/mol. The second-order valence-electron chi connectivity index (χ2n) is 4.47. The molecule has 0 saturated carbocycles. The van der Waals surface area contributed by atoms with E-state index in [0.29, 0.717) is 11.8 Å². The van der Waals surface area contributed by atoms with Gasteiger partial charge in [0.2, 0.25) is 0 Å². The van der Waals surface area contributed by atoms with Crippen LogP contribution in [0.3, 0.4) is 0 Å². The summed E-state index contributed by atoms with van der Waals surface area (Å²) >= 11 is 1.15. The second kappa shape index (κ2) is 7.06. The Morgan fingerprint density at radius 3 is 1.87 bits per heavy atom. The Balaban J connectivity index is 4.17. The van der Waals surface area contributed by atoms with E-state index < -0.39 is 6.16 Å². The van der Waals surface area contributed by atoms with Crippen LogP contribution in [0.5, 0.6) is 0 Å². The van der Waals surface area contributed by atoms with Crippen LogP contribution in [0.15, 0.2) is 0 Å². The summed E-state index contributed by atoms with van der Waals surface area (Å²) in [6.07, 6.45) is -1.41. The van der Waals surface area contributed by atoms with Gasteiger partial charge < -0.3 is 0 Å². The Morgan fingerprint density at radius 2 is 1.60 bits per heavy atom. The van der Waals surface area contributed by atoms with Gasteiger partial charge >= 0.3 is 6.16 Å². The van der Waals surface area contributed by atoms with E-state index >= 15 is 0 Å². The number of amides is 1. The number of rotatable bonds is 6. The van der Waals surface area contributed by atoms with Gasteiger partial charge in [-0.15, -0.1) is 4.39 Å². The van der Waals surface area contributed by atoms with E-state index in [0.717, 1.165) is 29.5 Å². The highest BCUT2D eigenvalue weighted by Gasteiger charge is 2.16. The predicted molar refractivity (Wildman–Crippen MR) is 63.1 cm³/mol. The molecule has 0 unspecified atom stereocenters. The average Bonchev–Trinajstić information content (AvgIpc) is 2.00. The minimum absolute atomic E-state index is 0.499. The Labute approximate surface area is 96.3 Å². The van der Waals surface area contributed by atoms with E-state index in [-0.39, 0.29) is 0 Å². The van der Waals surface area contributed by atoms with E-state index in [2.05, 4.69) is 27.7 Å². The van der Waals surface area contributed by atoms with Gasteiger partial charge in [-0.25, -0.2) is 13.4 Å². The highest BCUT2D eigenvalue weighted by molar-refractivity contribution is 7.95. The SMILES string of the molecule is CC(C)CN(CC(C)C)SN(C)C(=O)F. The van der Waals surface area contributed by atoms with E-state index in [1.165, 1.54) is 7.05 Å². The molecule has 90 valence electrons. The molecule has 0 radical (unpaired) electrons. The Hall–Kier alpha value is -0.290. The zero-order valence-corrected chi connectivity index (χ0v) is 11.0. The van der Waals surface area contributed by atoms with Gasteiger partial charge in [0.1, 0.15) is 0 Å². The van der Waals surface area contributed by atoms with Crippen LogP contribution < -0.4 is 0 Å². The number of carbonyl (C=O) groups is 1. The van der Waals surface area contributed by atoms with Crippen LogP contribution in [0.1, 0.15) is 27.7 Å². The maximum Gasteiger partial charge on any atom is 0.410 e. The first-order valence-electron chi connectivity index (χ1n) is 5.19. The minimum Gasteiger partial charge on any atom is -0.248 e. The smallest absolute Gasteiger partial charge is 0.248 e. The molecule has 1 amide bonds. The van der Waals surface area contributed by atoms with Crippen LogP contribution in [0, 0.1) is 11.8 Å². The van der Waals surface area contributed by atoms with E-state index in [9.17, 15) is 9.18 Å². The molecule has 0 aliphatic rings. The number of hydrogen-bond donors (Lipinski definition) is 0. The van der Waals surface area contributed by atoms with Crippen molar-refractivity contribution < 1.29 is 9.18 Å². The lowest BCUT2D eigenvalue weighted by molar-refractivity contribution is 0.208. The molecule has 0 aromatic heterocycles. The van der Waals surface area contributed by atoms with Gasteiger partial charge in [0.15, 0.2) is 0 Å². The van der Waals surface area contributed by atoms with Crippen LogP contribution in [-0.2, 0) is 0 Å². The Bertz CT molecular complexity index is 190. The molecule has 0 aliphatic heterocycles.